The van der Waals surface area contributed by atoms with Crippen LogP contribution >= 0.6 is 39.1 Å². The number of halogens is 3. The van der Waals surface area contributed by atoms with Crippen molar-refractivity contribution in [1.29, 1.82) is 0 Å². The molecule has 2 rings (SSSR count). The van der Waals surface area contributed by atoms with Gasteiger partial charge in [-0.05, 0) is 55.3 Å². The maximum atomic E-state index is 13.0. The summed E-state index contributed by atoms with van der Waals surface area (Å²) in [5.74, 6) is 0.0590. The topological polar surface area (TPSA) is 58.6 Å². The Morgan fingerprint density at radius 1 is 1.13 bits per heavy atom. The van der Waals surface area contributed by atoms with Crippen molar-refractivity contribution in [3.8, 4) is 5.75 Å². The predicted molar refractivity (Wildman–Crippen MR) is 124 cm³/mol. The minimum absolute atomic E-state index is 0.185. The molecule has 1 unspecified atom stereocenters. The van der Waals surface area contributed by atoms with E-state index in [4.69, 9.17) is 27.9 Å². The Morgan fingerprint density at radius 3 is 2.47 bits per heavy atom. The van der Waals surface area contributed by atoms with Crippen LogP contribution in [-0.4, -0.2) is 35.9 Å². The molecule has 0 aliphatic rings. The second-order valence-electron chi connectivity index (χ2n) is 6.83. The van der Waals surface area contributed by atoms with Crippen molar-refractivity contribution >= 4 is 50.9 Å². The molecule has 30 heavy (non-hydrogen) atoms. The molecule has 0 spiro atoms. The minimum atomic E-state index is -0.669. The molecule has 0 heterocycles. The Morgan fingerprint density at radius 2 is 1.83 bits per heavy atom. The summed E-state index contributed by atoms with van der Waals surface area (Å²) in [6, 6.07) is 11.7. The molecule has 0 aliphatic heterocycles. The number of carbonyl (C=O) groups excluding carboxylic acids is 2. The van der Waals surface area contributed by atoms with Gasteiger partial charge in [0.1, 0.15) is 11.8 Å². The third-order valence-electron chi connectivity index (χ3n) is 4.51. The monoisotopic (exact) mass is 514 g/mol. The number of nitrogens with one attached hydrogen (secondary N) is 1. The fourth-order valence-corrected chi connectivity index (χ4v) is 3.30. The summed E-state index contributed by atoms with van der Waals surface area (Å²) in [5.41, 5.74) is 0.773. The van der Waals surface area contributed by atoms with Crippen LogP contribution in [0.5, 0.6) is 5.75 Å². The standard InChI is InChI=1S/C22H25BrCl2N2O3/c1-3-4-11-26-22(29)15(2)27(13-16-5-10-19(24)20(25)12-16)21(28)14-30-18-8-6-17(23)7-9-18/h5-10,12,15H,3-4,11,13-14H2,1-2H3,(H,26,29). The van der Waals surface area contributed by atoms with Crippen LogP contribution in [0.1, 0.15) is 32.3 Å². The molecule has 5 nitrogen and oxygen atoms in total. The van der Waals surface area contributed by atoms with Crippen molar-refractivity contribution in [3.05, 3.63) is 62.5 Å². The molecular weight excluding hydrogens is 491 g/mol. The highest BCUT2D eigenvalue weighted by Crippen LogP contribution is 2.24. The molecule has 8 heteroatoms. The smallest absolute Gasteiger partial charge is 0.261 e. The first-order chi connectivity index (χ1) is 14.3. The Kier molecular flexibility index (Phi) is 9.95. The van der Waals surface area contributed by atoms with Crippen LogP contribution in [0.15, 0.2) is 46.9 Å². The third-order valence-corrected chi connectivity index (χ3v) is 5.78. The van der Waals surface area contributed by atoms with E-state index in [9.17, 15) is 9.59 Å². The number of carbonyl (C=O) groups is 2. The molecule has 0 saturated heterocycles. The summed E-state index contributed by atoms with van der Waals surface area (Å²) < 4.78 is 6.54. The lowest BCUT2D eigenvalue weighted by atomic mass is 10.1. The van der Waals surface area contributed by atoms with Gasteiger partial charge in [0.2, 0.25) is 5.91 Å². The SMILES string of the molecule is CCCCNC(=O)C(C)N(Cc1ccc(Cl)c(Cl)c1)C(=O)COc1ccc(Br)cc1. The predicted octanol–water partition coefficient (Wildman–Crippen LogP) is 5.47. The molecule has 0 aliphatic carbocycles. The molecule has 2 aromatic carbocycles. The Bertz CT molecular complexity index is 862. The Labute approximate surface area is 195 Å². The average molecular weight is 516 g/mol. The summed E-state index contributed by atoms with van der Waals surface area (Å²) in [6.45, 7) is 4.35. The number of benzene rings is 2. The van der Waals surface area contributed by atoms with Crippen molar-refractivity contribution in [3.63, 3.8) is 0 Å². The maximum Gasteiger partial charge on any atom is 0.261 e. The van der Waals surface area contributed by atoms with E-state index in [0.717, 1.165) is 22.9 Å². The number of hydrogen-bond acceptors (Lipinski definition) is 3. The lowest BCUT2D eigenvalue weighted by molar-refractivity contribution is -0.142. The van der Waals surface area contributed by atoms with Gasteiger partial charge in [-0.2, -0.15) is 0 Å². The fourth-order valence-electron chi connectivity index (χ4n) is 2.71. The molecular formula is C22H25BrCl2N2O3. The Hall–Kier alpha value is -1.76. The number of unbranched alkanes of at least 4 members (excludes halogenated alkanes) is 1. The van der Waals surface area contributed by atoms with Gasteiger partial charge in [-0.3, -0.25) is 9.59 Å². The lowest BCUT2D eigenvalue weighted by Crippen LogP contribution is -2.49. The van der Waals surface area contributed by atoms with Gasteiger partial charge >= 0.3 is 0 Å². The van der Waals surface area contributed by atoms with Crippen molar-refractivity contribution in [1.82, 2.24) is 10.2 Å². The summed E-state index contributed by atoms with van der Waals surface area (Å²) in [6.07, 6.45) is 1.85. The van der Waals surface area contributed by atoms with Crippen LogP contribution in [0.25, 0.3) is 0 Å². The molecule has 162 valence electrons. The van der Waals surface area contributed by atoms with Crippen LogP contribution in [0.4, 0.5) is 0 Å². The van der Waals surface area contributed by atoms with E-state index in [1.807, 2.05) is 12.1 Å². The van der Waals surface area contributed by atoms with Crippen LogP contribution < -0.4 is 10.1 Å². The quantitative estimate of drug-likeness (QED) is 0.427. The summed E-state index contributed by atoms with van der Waals surface area (Å²) in [7, 11) is 0. The van der Waals surface area contributed by atoms with Gasteiger partial charge in [0, 0.05) is 17.6 Å². The second-order valence-corrected chi connectivity index (χ2v) is 8.56. The third kappa shape index (κ3) is 7.49. The summed E-state index contributed by atoms with van der Waals surface area (Å²) in [5, 5.41) is 3.71. The van der Waals surface area contributed by atoms with E-state index < -0.39 is 6.04 Å². The molecule has 0 fully saturated rings. The van der Waals surface area contributed by atoms with Gasteiger partial charge in [-0.1, -0.05) is 58.5 Å². The zero-order valence-corrected chi connectivity index (χ0v) is 20.1. The second kappa shape index (κ2) is 12.2. The highest BCUT2D eigenvalue weighted by atomic mass is 79.9. The van der Waals surface area contributed by atoms with E-state index in [1.54, 1.807) is 37.3 Å². The number of nitrogens with zero attached hydrogens (tertiary/aromatic N) is 1. The lowest BCUT2D eigenvalue weighted by Gasteiger charge is -2.29. The molecule has 2 aromatic rings. The average Bonchev–Trinajstić information content (AvgIpc) is 2.73. The maximum absolute atomic E-state index is 13.0. The highest BCUT2D eigenvalue weighted by Gasteiger charge is 2.26. The zero-order chi connectivity index (χ0) is 22.1. The summed E-state index contributed by atoms with van der Waals surface area (Å²) in [4.78, 5) is 27.0. The van der Waals surface area contributed by atoms with Crippen LogP contribution in [0, 0.1) is 0 Å². The van der Waals surface area contributed by atoms with Gasteiger partial charge in [0.15, 0.2) is 6.61 Å². The van der Waals surface area contributed by atoms with E-state index in [0.29, 0.717) is 22.3 Å². The summed E-state index contributed by atoms with van der Waals surface area (Å²) >= 11 is 15.5. The van der Waals surface area contributed by atoms with E-state index in [-0.39, 0.29) is 25.0 Å². The molecule has 0 radical (unpaired) electrons. The number of ether oxygens (including phenoxy) is 1. The first-order valence-electron chi connectivity index (χ1n) is 9.71. The van der Waals surface area contributed by atoms with Gasteiger partial charge in [-0.25, -0.2) is 0 Å². The number of hydrogen-bond donors (Lipinski definition) is 1. The van der Waals surface area contributed by atoms with Gasteiger partial charge in [0.05, 0.1) is 10.0 Å². The van der Waals surface area contributed by atoms with Crippen molar-refractivity contribution in [2.24, 2.45) is 0 Å². The first-order valence-corrected chi connectivity index (χ1v) is 11.3. The molecule has 0 saturated carbocycles. The van der Waals surface area contributed by atoms with Crippen LogP contribution in [0.2, 0.25) is 10.0 Å². The van der Waals surface area contributed by atoms with Crippen LogP contribution in [-0.2, 0) is 16.1 Å². The van der Waals surface area contributed by atoms with E-state index in [2.05, 4.69) is 28.2 Å². The largest absolute Gasteiger partial charge is 0.484 e. The molecule has 2 amide bonds. The van der Waals surface area contributed by atoms with Gasteiger partial charge in [0.25, 0.3) is 5.91 Å². The molecule has 0 bridgehead atoms. The van der Waals surface area contributed by atoms with Crippen molar-refractivity contribution in [2.45, 2.75) is 39.3 Å². The van der Waals surface area contributed by atoms with Crippen LogP contribution in [0.3, 0.4) is 0 Å². The first kappa shape index (κ1) is 24.5. The molecule has 1 atom stereocenters. The Balaban J connectivity index is 2.13. The number of amides is 2. The molecule has 1 N–H and O–H groups in total. The van der Waals surface area contributed by atoms with Gasteiger partial charge < -0.3 is 15.0 Å². The number of rotatable bonds is 10. The zero-order valence-electron chi connectivity index (χ0n) is 17.0. The van der Waals surface area contributed by atoms with E-state index in [1.165, 1.54) is 4.90 Å². The highest BCUT2D eigenvalue weighted by molar-refractivity contribution is 9.10. The minimum Gasteiger partial charge on any atom is -0.484 e. The normalized spacial score (nSPS) is 11.6. The van der Waals surface area contributed by atoms with Crippen molar-refractivity contribution in [2.75, 3.05) is 13.2 Å². The fraction of sp³-hybridized carbons (Fsp3) is 0.364. The van der Waals surface area contributed by atoms with Gasteiger partial charge in [-0.15, -0.1) is 0 Å². The molecule has 0 aromatic heterocycles. The van der Waals surface area contributed by atoms with Crippen molar-refractivity contribution < 1.29 is 14.3 Å². The van der Waals surface area contributed by atoms with E-state index >= 15 is 0 Å².